The van der Waals surface area contributed by atoms with Crippen molar-refractivity contribution in [1.82, 2.24) is 20.1 Å². The predicted molar refractivity (Wildman–Crippen MR) is 101 cm³/mol. The van der Waals surface area contributed by atoms with Crippen LogP contribution in [0.3, 0.4) is 0 Å². The molecule has 2 atom stereocenters. The number of aromatic nitrogens is 3. The van der Waals surface area contributed by atoms with E-state index in [0.717, 1.165) is 17.4 Å². The molecule has 1 aliphatic carbocycles. The van der Waals surface area contributed by atoms with Crippen molar-refractivity contribution in [3.63, 3.8) is 0 Å². The molecule has 0 radical (unpaired) electrons. The summed E-state index contributed by atoms with van der Waals surface area (Å²) >= 11 is 1.50. The van der Waals surface area contributed by atoms with Gasteiger partial charge in [0.1, 0.15) is 5.82 Å². The van der Waals surface area contributed by atoms with Crippen LogP contribution in [0.2, 0.25) is 0 Å². The number of amides is 1. The van der Waals surface area contributed by atoms with Crippen molar-refractivity contribution >= 4 is 17.7 Å². The molecular weight excluding hydrogens is 332 g/mol. The zero-order chi connectivity index (χ0) is 17.8. The van der Waals surface area contributed by atoms with Crippen molar-refractivity contribution in [2.75, 3.05) is 6.54 Å². The average Bonchev–Trinajstić information content (AvgIpc) is 3.40. The first-order chi connectivity index (χ1) is 12.1. The Morgan fingerprint density at radius 1 is 1.32 bits per heavy atom. The van der Waals surface area contributed by atoms with Gasteiger partial charge in [-0.1, -0.05) is 49.0 Å². The van der Waals surface area contributed by atoms with Gasteiger partial charge in [-0.25, -0.2) is 0 Å². The van der Waals surface area contributed by atoms with E-state index in [1.807, 2.05) is 32.0 Å². The van der Waals surface area contributed by atoms with E-state index in [0.29, 0.717) is 18.5 Å². The highest BCUT2D eigenvalue weighted by Crippen LogP contribution is 2.39. The zero-order valence-electron chi connectivity index (χ0n) is 15.1. The van der Waals surface area contributed by atoms with E-state index in [1.165, 1.54) is 30.2 Å². The number of nitrogens with zero attached hydrogens (tertiary/aromatic N) is 3. The second-order valence-electron chi connectivity index (χ2n) is 6.65. The molecule has 2 aromatic rings. The first-order valence-electron chi connectivity index (χ1n) is 9.01. The second-order valence-corrected chi connectivity index (χ2v) is 7.96. The van der Waals surface area contributed by atoms with E-state index < -0.39 is 0 Å². The number of thioether (sulfide) groups is 1. The zero-order valence-corrected chi connectivity index (χ0v) is 15.9. The van der Waals surface area contributed by atoms with Crippen molar-refractivity contribution in [2.24, 2.45) is 0 Å². The fraction of sp³-hybridized carbons (Fsp3) is 0.526. The molecule has 1 aromatic carbocycles. The quantitative estimate of drug-likeness (QED) is 0.731. The monoisotopic (exact) mass is 358 g/mol. The van der Waals surface area contributed by atoms with Gasteiger partial charge in [-0.2, -0.15) is 0 Å². The summed E-state index contributed by atoms with van der Waals surface area (Å²) in [6, 6.07) is 10.9. The molecule has 5 nitrogen and oxygen atoms in total. The molecule has 3 rings (SSSR count). The molecule has 1 heterocycles. The van der Waals surface area contributed by atoms with Crippen LogP contribution < -0.4 is 5.32 Å². The minimum absolute atomic E-state index is 0.0578. The minimum atomic E-state index is -0.186. The summed E-state index contributed by atoms with van der Waals surface area (Å²) < 4.78 is 2.17. The summed E-state index contributed by atoms with van der Waals surface area (Å²) in [6.07, 6.45) is 3.37. The maximum Gasteiger partial charge on any atom is 0.233 e. The van der Waals surface area contributed by atoms with E-state index in [4.69, 9.17) is 0 Å². The highest BCUT2D eigenvalue weighted by atomic mass is 32.2. The van der Waals surface area contributed by atoms with Crippen LogP contribution in [0, 0.1) is 6.92 Å². The average molecular weight is 359 g/mol. The Labute approximate surface area is 153 Å². The molecule has 1 saturated carbocycles. The number of rotatable bonds is 8. The van der Waals surface area contributed by atoms with Crippen LogP contribution in [0.15, 0.2) is 35.5 Å². The van der Waals surface area contributed by atoms with Crippen LogP contribution >= 0.6 is 11.8 Å². The van der Waals surface area contributed by atoms with Gasteiger partial charge in [0.05, 0.1) is 5.25 Å². The van der Waals surface area contributed by atoms with Crippen molar-refractivity contribution in [1.29, 1.82) is 0 Å². The molecule has 0 aliphatic heterocycles. The number of hydrogen-bond donors (Lipinski definition) is 1. The van der Waals surface area contributed by atoms with E-state index in [1.54, 1.807) is 0 Å². The maximum atomic E-state index is 12.5. The van der Waals surface area contributed by atoms with Gasteiger partial charge >= 0.3 is 0 Å². The van der Waals surface area contributed by atoms with Crippen molar-refractivity contribution in [3.8, 4) is 0 Å². The molecule has 1 N–H and O–H groups in total. The van der Waals surface area contributed by atoms with E-state index in [2.05, 4.69) is 39.1 Å². The molecule has 134 valence electrons. The van der Waals surface area contributed by atoms with Crippen LogP contribution in [0.25, 0.3) is 0 Å². The minimum Gasteiger partial charge on any atom is -0.355 e. The maximum absolute atomic E-state index is 12.5. The lowest BCUT2D eigenvalue weighted by Gasteiger charge is -2.18. The first-order valence-corrected chi connectivity index (χ1v) is 9.89. The lowest BCUT2D eigenvalue weighted by Crippen LogP contribution is -2.34. The summed E-state index contributed by atoms with van der Waals surface area (Å²) in [5.41, 5.74) is 1.27. The van der Waals surface area contributed by atoms with Gasteiger partial charge in [-0.3, -0.25) is 4.79 Å². The molecule has 0 saturated heterocycles. The lowest BCUT2D eigenvalue weighted by atomic mass is 9.96. The molecular formula is C19H26N4OS. The van der Waals surface area contributed by atoms with Gasteiger partial charge in [0.15, 0.2) is 5.16 Å². The number of carbonyl (C=O) groups excluding carboxylic acids is 1. The van der Waals surface area contributed by atoms with Crippen LogP contribution in [0.4, 0.5) is 0 Å². The summed E-state index contributed by atoms with van der Waals surface area (Å²) in [6.45, 7) is 6.73. The summed E-state index contributed by atoms with van der Waals surface area (Å²) in [5.74, 6) is 1.34. The summed E-state index contributed by atoms with van der Waals surface area (Å²) in [5, 5.41) is 12.2. The number of hydrogen-bond acceptors (Lipinski definition) is 4. The Kier molecular flexibility index (Phi) is 5.78. The van der Waals surface area contributed by atoms with Gasteiger partial charge in [0, 0.05) is 18.5 Å². The van der Waals surface area contributed by atoms with Crippen LogP contribution in [0.1, 0.15) is 56.5 Å². The Morgan fingerprint density at radius 3 is 2.68 bits per heavy atom. The molecule has 1 amide bonds. The van der Waals surface area contributed by atoms with Gasteiger partial charge in [0.2, 0.25) is 5.91 Å². The van der Waals surface area contributed by atoms with E-state index >= 15 is 0 Å². The van der Waals surface area contributed by atoms with Crippen molar-refractivity contribution < 1.29 is 4.79 Å². The smallest absolute Gasteiger partial charge is 0.233 e. The molecule has 0 spiro atoms. The van der Waals surface area contributed by atoms with Crippen molar-refractivity contribution in [3.05, 3.63) is 41.7 Å². The summed E-state index contributed by atoms with van der Waals surface area (Å²) in [4.78, 5) is 12.5. The Balaban J connectivity index is 1.56. The number of benzene rings is 1. The van der Waals surface area contributed by atoms with E-state index in [9.17, 15) is 4.79 Å². The molecule has 1 aromatic heterocycles. The Bertz CT molecular complexity index is 711. The lowest BCUT2D eigenvalue weighted by molar-refractivity contribution is -0.120. The van der Waals surface area contributed by atoms with Gasteiger partial charge < -0.3 is 9.88 Å². The third-order valence-electron chi connectivity index (χ3n) is 4.68. The summed E-state index contributed by atoms with van der Waals surface area (Å²) in [7, 11) is 0. The standard InChI is InChI=1S/C19H26N4OS/c1-4-15(16-8-6-5-7-9-16)12-20-18(24)13(2)25-19-22-21-14(3)23(19)17-10-11-17/h5-9,13,15,17H,4,10-12H2,1-3H3,(H,20,24)/t13-,15-/m0/s1. The molecule has 1 fully saturated rings. The Morgan fingerprint density at radius 2 is 2.04 bits per heavy atom. The van der Waals surface area contributed by atoms with Gasteiger partial charge in [-0.05, 0) is 38.7 Å². The SMILES string of the molecule is CC[C@@H](CNC(=O)[C@H](C)Sc1nnc(C)n1C1CC1)c1ccccc1. The van der Waals surface area contributed by atoms with Gasteiger partial charge in [-0.15, -0.1) is 10.2 Å². The molecule has 25 heavy (non-hydrogen) atoms. The van der Waals surface area contributed by atoms with E-state index in [-0.39, 0.29) is 11.2 Å². The second kappa shape index (κ2) is 8.04. The Hall–Kier alpha value is -1.82. The largest absolute Gasteiger partial charge is 0.355 e. The molecule has 0 unspecified atom stereocenters. The molecule has 0 bridgehead atoms. The van der Waals surface area contributed by atoms with Crippen LogP contribution in [-0.4, -0.2) is 32.5 Å². The predicted octanol–water partition coefficient (Wildman–Crippen LogP) is 3.71. The third kappa shape index (κ3) is 4.42. The highest BCUT2D eigenvalue weighted by Gasteiger charge is 2.29. The van der Waals surface area contributed by atoms with Gasteiger partial charge in [0.25, 0.3) is 0 Å². The topological polar surface area (TPSA) is 59.8 Å². The fourth-order valence-electron chi connectivity index (χ4n) is 2.99. The third-order valence-corrected chi connectivity index (χ3v) is 5.74. The first kappa shape index (κ1) is 18.0. The normalized spacial score (nSPS) is 16.4. The number of carbonyl (C=O) groups is 1. The highest BCUT2D eigenvalue weighted by molar-refractivity contribution is 8.00. The van der Waals surface area contributed by atoms with Crippen molar-refractivity contribution in [2.45, 2.75) is 62.4 Å². The van der Waals surface area contributed by atoms with Crippen LogP contribution in [-0.2, 0) is 4.79 Å². The van der Waals surface area contributed by atoms with Crippen LogP contribution in [0.5, 0.6) is 0 Å². The molecule has 6 heteroatoms. The molecule has 1 aliphatic rings. The number of aryl methyl sites for hydroxylation is 1. The number of nitrogens with one attached hydrogen (secondary N) is 1. The fourth-order valence-corrected chi connectivity index (χ4v) is 3.97.